The number of nitrogens with zero attached hydrogens (tertiary/aromatic N) is 4. The van der Waals surface area contributed by atoms with E-state index < -0.39 is 16.1 Å². The summed E-state index contributed by atoms with van der Waals surface area (Å²) in [6, 6.07) is 9.30. The minimum atomic E-state index is -3.49. The summed E-state index contributed by atoms with van der Waals surface area (Å²) in [6.07, 6.45) is 4.13. The van der Waals surface area contributed by atoms with Crippen molar-refractivity contribution in [2.24, 2.45) is 0 Å². The highest BCUT2D eigenvalue weighted by Gasteiger charge is 2.27. The van der Waals surface area contributed by atoms with Crippen LogP contribution in [0.2, 0.25) is 0 Å². The molecule has 0 spiro atoms. The first-order valence-corrected chi connectivity index (χ1v) is 12.8. The van der Waals surface area contributed by atoms with Crippen molar-refractivity contribution >= 4 is 21.6 Å². The molecule has 1 N–H and O–H groups in total. The van der Waals surface area contributed by atoms with Crippen LogP contribution >= 0.6 is 0 Å². The van der Waals surface area contributed by atoms with E-state index in [0.29, 0.717) is 43.5 Å². The number of anilines is 1. The van der Waals surface area contributed by atoms with Crippen molar-refractivity contribution in [3.63, 3.8) is 0 Å². The van der Waals surface area contributed by atoms with Gasteiger partial charge in [0.15, 0.2) is 5.76 Å². The Morgan fingerprint density at radius 2 is 1.91 bits per heavy atom. The summed E-state index contributed by atoms with van der Waals surface area (Å²) >= 11 is 0. The number of hydrogen-bond donors (Lipinski definition) is 1. The van der Waals surface area contributed by atoms with Crippen LogP contribution < -0.4 is 5.32 Å². The Labute approximate surface area is 199 Å². The predicted molar refractivity (Wildman–Crippen MR) is 125 cm³/mol. The molecule has 0 unspecified atom stereocenters. The van der Waals surface area contributed by atoms with Crippen LogP contribution in [0.25, 0.3) is 11.7 Å². The topological polar surface area (TPSA) is 122 Å². The Morgan fingerprint density at radius 1 is 1.18 bits per heavy atom. The SMILES string of the molecule is CCCN(Cc1nnc(-c2ccco2)o1)[C@H](C)C(=O)Nc1ccc(S(=O)(=O)N2CCCC2)cc1. The first-order valence-electron chi connectivity index (χ1n) is 11.4. The monoisotopic (exact) mass is 487 g/mol. The lowest BCUT2D eigenvalue weighted by molar-refractivity contribution is -0.121. The van der Waals surface area contributed by atoms with Gasteiger partial charge in [0.2, 0.25) is 21.8 Å². The summed E-state index contributed by atoms with van der Waals surface area (Å²) in [6.45, 7) is 5.90. The van der Waals surface area contributed by atoms with E-state index in [4.69, 9.17) is 8.83 Å². The number of sulfonamides is 1. The molecule has 1 aromatic carbocycles. The lowest BCUT2D eigenvalue weighted by Gasteiger charge is -2.26. The van der Waals surface area contributed by atoms with Gasteiger partial charge in [0.1, 0.15) is 0 Å². The Bertz CT molecular complexity index is 1180. The molecule has 1 saturated heterocycles. The summed E-state index contributed by atoms with van der Waals surface area (Å²) in [5.74, 6) is 0.949. The molecule has 0 aliphatic carbocycles. The first-order chi connectivity index (χ1) is 16.4. The summed E-state index contributed by atoms with van der Waals surface area (Å²) in [7, 11) is -3.49. The number of benzene rings is 1. The zero-order valence-corrected chi connectivity index (χ0v) is 20.1. The number of furan rings is 1. The molecule has 0 saturated carbocycles. The quantitative estimate of drug-likeness (QED) is 0.462. The smallest absolute Gasteiger partial charge is 0.283 e. The number of aromatic nitrogens is 2. The summed E-state index contributed by atoms with van der Waals surface area (Å²) < 4.78 is 37.9. The van der Waals surface area contributed by atoms with Crippen LogP contribution in [-0.4, -0.2) is 59.4 Å². The number of carbonyl (C=O) groups excluding carboxylic acids is 1. The van der Waals surface area contributed by atoms with Crippen LogP contribution in [0.4, 0.5) is 5.69 Å². The second-order valence-electron chi connectivity index (χ2n) is 8.25. The maximum atomic E-state index is 12.9. The fourth-order valence-corrected chi connectivity index (χ4v) is 5.41. The molecule has 10 nitrogen and oxygen atoms in total. The zero-order chi connectivity index (χ0) is 24.1. The van der Waals surface area contributed by atoms with E-state index in [1.54, 1.807) is 31.2 Å². The van der Waals surface area contributed by atoms with Gasteiger partial charge in [-0.3, -0.25) is 9.69 Å². The van der Waals surface area contributed by atoms with Crippen molar-refractivity contribution in [3.8, 4) is 11.7 Å². The van der Waals surface area contributed by atoms with Gasteiger partial charge in [0.05, 0.1) is 23.7 Å². The van der Waals surface area contributed by atoms with Crippen molar-refractivity contribution in [3.05, 3.63) is 48.6 Å². The highest BCUT2D eigenvalue weighted by atomic mass is 32.2. The molecule has 4 rings (SSSR count). The Balaban J connectivity index is 1.39. The third kappa shape index (κ3) is 5.37. The molecule has 1 amide bonds. The molecule has 1 aliphatic heterocycles. The molecule has 11 heteroatoms. The van der Waals surface area contributed by atoms with Gasteiger partial charge in [0, 0.05) is 18.8 Å². The second kappa shape index (κ2) is 10.5. The van der Waals surface area contributed by atoms with Gasteiger partial charge in [-0.15, -0.1) is 10.2 Å². The second-order valence-corrected chi connectivity index (χ2v) is 10.2. The van der Waals surface area contributed by atoms with E-state index in [1.807, 2.05) is 11.8 Å². The Kier molecular flexibility index (Phi) is 7.44. The summed E-state index contributed by atoms with van der Waals surface area (Å²) in [4.78, 5) is 15.1. The van der Waals surface area contributed by atoms with Crippen LogP contribution in [-0.2, 0) is 21.4 Å². The lowest BCUT2D eigenvalue weighted by Crippen LogP contribution is -2.42. The fraction of sp³-hybridized carbons (Fsp3) is 0.435. The standard InChI is InChI=1S/C23H29N5O5S/c1-3-12-27(16-21-25-26-23(33-21)20-7-6-15-32-20)17(2)22(29)24-18-8-10-19(11-9-18)34(30,31)28-13-4-5-14-28/h6-11,15,17H,3-5,12-14,16H2,1-2H3,(H,24,29)/t17-/m1/s1. The third-order valence-corrected chi connectivity index (χ3v) is 7.71. The normalized spacial score (nSPS) is 15.6. The molecular weight excluding hydrogens is 458 g/mol. The van der Waals surface area contributed by atoms with E-state index in [0.717, 1.165) is 19.3 Å². The average Bonchev–Trinajstić information content (AvgIpc) is 3.61. The van der Waals surface area contributed by atoms with Gasteiger partial charge >= 0.3 is 0 Å². The van der Waals surface area contributed by atoms with Crippen molar-refractivity contribution in [1.82, 2.24) is 19.4 Å². The lowest BCUT2D eigenvalue weighted by atomic mass is 10.2. The maximum absolute atomic E-state index is 12.9. The van der Waals surface area contributed by atoms with Gasteiger partial charge in [-0.1, -0.05) is 6.92 Å². The molecule has 34 heavy (non-hydrogen) atoms. The average molecular weight is 488 g/mol. The van der Waals surface area contributed by atoms with Crippen LogP contribution in [0.3, 0.4) is 0 Å². The van der Waals surface area contributed by atoms with Gasteiger partial charge in [-0.25, -0.2) is 8.42 Å². The first kappa shape index (κ1) is 24.1. The number of amides is 1. The number of nitrogens with one attached hydrogen (secondary N) is 1. The highest BCUT2D eigenvalue weighted by Crippen LogP contribution is 2.23. The third-order valence-electron chi connectivity index (χ3n) is 5.80. The summed E-state index contributed by atoms with van der Waals surface area (Å²) in [5.41, 5.74) is 0.534. The largest absolute Gasteiger partial charge is 0.459 e. The van der Waals surface area contributed by atoms with E-state index in [9.17, 15) is 13.2 Å². The van der Waals surface area contributed by atoms with Crippen LogP contribution in [0.15, 0.2) is 56.4 Å². The van der Waals surface area contributed by atoms with Crippen LogP contribution in [0, 0.1) is 0 Å². The van der Waals surface area contributed by atoms with Gasteiger partial charge < -0.3 is 14.2 Å². The molecule has 0 radical (unpaired) electrons. The maximum Gasteiger partial charge on any atom is 0.283 e. The predicted octanol–water partition coefficient (Wildman–Crippen LogP) is 3.35. The number of carbonyl (C=O) groups is 1. The minimum absolute atomic E-state index is 0.214. The number of rotatable bonds is 10. The molecule has 3 heterocycles. The van der Waals surface area contributed by atoms with E-state index >= 15 is 0 Å². The van der Waals surface area contributed by atoms with Crippen molar-refractivity contribution in [1.29, 1.82) is 0 Å². The molecule has 2 aromatic heterocycles. The summed E-state index contributed by atoms with van der Waals surface area (Å²) in [5, 5.41) is 11.0. The Morgan fingerprint density at radius 3 is 2.56 bits per heavy atom. The molecule has 1 aliphatic rings. The van der Waals surface area contributed by atoms with Gasteiger partial charge in [-0.05, 0) is 69.1 Å². The zero-order valence-electron chi connectivity index (χ0n) is 19.3. The minimum Gasteiger partial charge on any atom is -0.459 e. The van der Waals surface area contributed by atoms with E-state index in [-0.39, 0.29) is 16.7 Å². The Hall–Kier alpha value is -3.02. The van der Waals surface area contributed by atoms with Crippen LogP contribution in [0.1, 0.15) is 39.0 Å². The van der Waals surface area contributed by atoms with E-state index in [2.05, 4.69) is 15.5 Å². The fourth-order valence-electron chi connectivity index (χ4n) is 3.89. The highest BCUT2D eigenvalue weighted by molar-refractivity contribution is 7.89. The van der Waals surface area contributed by atoms with E-state index in [1.165, 1.54) is 22.7 Å². The van der Waals surface area contributed by atoms with Gasteiger partial charge in [0.25, 0.3) is 5.89 Å². The van der Waals surface area contributed by atoms with Gasteiger partial charge in [-0.2, -0.15) is 4.31 Å². The van der Waals surface area contributed by atoms with Crippen LogP contribution in [0.5, 0.6) is 0 Å². The number of hydrogen-bond acceptors (Lipinski definition) is 8. The molecule has 3 aromatic rings. The molecular formula is C23H29N5O5S. The molecule has 1 fully saturated rings. The molecule has 182 valence electrons. The molecule has 1 atom stereocenters. The van der Waals surface area contributed by atoms with Crippen molar-refractivity contribution in [2.75, 3.05) is 25.0 Å². The molecule has 0 bridgehead atoms. The van der Waals surface area contributed by atoms with Crippen molar-refractivity contribution in [2.45, 2.75) is 50.6 Å². The van der Waals surface area contributed by atoms with Crippen molar-refractivity contribution < 1.29 is 22.0 Å².